The predicted molar refractivity (Wildman–Crippen MR) is 37.3 cm³/mol. The molecule has 9 heavy (non-hydrogen) atoms. The summed E-state index contributed by atoms with van der Waals surface area (Å²) >= 11 is 0. The molecule has 2 heteroatoms. The Hall–Kier alpha value is -0.660. The van der Waals surface area contributed by atoms with Crippen molar-refractivity contribution >= 4 is 12.6 Å². The first kappa shape index (κ1) is 11.2. The average molecular weight is 130 g/mol. The van der Waals surface area contributed by atoms with Gasteiger partial charge >= 0.3 is 0 Å². The monoisotopic (exact) mass is 130 g/mol. The lowest BCUT2D eigenvalue weighted by atomic mass is 10.2. The van der Waals surface area contributed by atoms with E-state index in [0.717, 1.165) is 25.4 Å². The Morgan fingerprint density at radius 1 is 0.889 bits per heavy atom. The smallest absolute Gasteiger partial charge is 0.119 e. The number of unbranched alkanes of at least 4 members (excludes halogenated alkanes) is 3. The molecule has 0 rings (SSSR count). The average Bonchev–Trinajstić information content (AvgIpc) is 1.81. The predicted octanol–water partition coefficient (Wildman–Crippen LogP) is 1.58. The van der Waals surface area contributed by atoms with Crippen LogP contribution in [0.5, 0.6) is 0 Å². The minimum atomic E-state index is 0. The van der Waals surface area contributed by atoms with Gasteiger partial charge in [0, 0.05) is 12.8 Å². The lowest BCUT2D eigenvalue weighted by Crippen LogP contribution is -1.78. The van der Waals surface area contributed by atoms with E-state index in [1.807, 2.05) is 0 Å². The molecule has 0 aliphatic heterocycles. The fourth-order valence-electron chi connectivity index (χ4n) is 0.455. The Morgan fingerprint density at radius 2 is 1.22 bits per heavy atom. The van der Waals surface area contributed by atoms with Crippen LogP contribution in [0.25, 0.3) is 0 Å². The third kappa shape index (κ3) is 11.1. The number of carbonyl (C=O) groups is 2. The summed E-state index contributed by atoms with van der Waals surface area (Å²) in [4.78, 5) is 19.4. The van der Waals surface area contributed by atoms with Crippen LogP contribution < -0.4 is 0 Å². The summed E-state index contributed by atoms with van der Waals surface area (Å²) in [5.41, 5.74) is 0. The molecule has 0 aliphatic rings. The topological polar surface area (TPSA) is 34.1 Å². The Labute approximate surface area is 56.3 Å². The van der Waals surface area contributed by atoms with E-state index in [2.05, 4.69) is 0 Å². The Bertz CT molecular complexity index is 59.3. The van der Waals surface area contributed by atoms with Crippen molar-refractivity contribution in [3.63, 3.8) is 0 Å². The molecule has 0 aliphatic carbocycles. The molecule has 0 atom stereocenters. The van der Waals surface area contributed by atoms with Crippen LogP contribution in [0.3, 0.4) is 0 Å². The van der Waals surface area contributed by atoms with Crippen LogP contribution >= 0.6 is 0 Å². The van der Waals surface area contributed by atoms with Crippen molar-refractivity contribution < 1.29 is 9.59 Å². The minimum Gasteiger partial charge on any atom is -0.303 e. The molecule has 0 heterocycles. The van der Waals surface area contributed by atoms with Gasteiger partial charge in [-0.1, -0.05) is 7.43 Å². The molecule has 2 nitrogen and oxygen atoms in total. The van der Waals surface area contributed by atoms with Gasteiger partial charge in [-0.2, -0.15) is 0 Å². The highest BCUT2D eigenvalue weighted by Gasteiger charge is 1.83. The Morgan fingerprint density at radius 3 is 1.44 bits per heavy atom. The first-order chi connectivity index (χ1) is 3.91. The zero-order valence-electron chi connectivity index (χ0n) is 4.80. The minimum absolute atomic E-state index is 0. The second-order valence-electron chi connectivity index (χ2n) is 1.62. The van der Waals surface area contributed by atoms with E-state index in [0.29, 0.717) is 12.8 Å². The molecule has 0 aromatic rings. The maximum atomic E-state index is 9.68. The SMILES string of the molecule is C.O=CCCCCC=O. The summed E-state index contributed by atoms with van der Waals surface area (Å²) in [6.45, 7) is 0. The van der Waals surface area contributed by atoms with Gasteiger partial charge in [-0.25, -0.2) is 0 Å². The summed E-state index contributed by atoms with van der Waals surface area (Å²) < 4.78 is 0. The summed E-state index contributed by atoms with van der Waals surface area (Å²) in [5, 5.41) is 0. The van der Waals surface area contributed by atoms with Gasteiger partial charge in [-0.05, 0) is 12.8 Å². The van der Waals surface area contributed by atoms with Gasteiger partial charge in [0.05, 0.1) is 0 Å². The quantitative estimate of drug-likeness (QED) is 0.418. The Kier molecular flexibility index (Phi) is 12.9. The highest BCUT2D eigenvalue weighted by atomic mass is 16.1. The van der Waals surface area contributed by atoms with Crippen molar-refractivity contribution in [1.82, 2.24) is 0 Å². The van der Waals surface area contributed by atoms with Gasteiger partial charge in [-0.3, -0.25) is 0 Å². The van der Waals surface area contributed by atoms with Crippen LogP contribution in [0.1, 0.15) is 33.1 Å². The molecule has 0 aromatic heterocycles. The van der Waals surface area contributed by atoms with Gasteiger partial charge in [0.2, 0.25) is 0 Å². The van der Waals surface area contributed by atoms with Crippen molar-refractivity contribution in [3.8, 4) is 0 Å². The molecule has 0 saturated carbocycles. The second-order valence-corrected chi connectivity index (χ2v) is 1.62. The van der Waals surface area contributed by atoms with E-state index in [4.69, 9.17) is 0 Å². The van der Waals surface area contributed by atoms with Gasteiger partial charge < -0.3 is 9.59 Å². The third-order valence-electron chi connectivity index (χ3n) is 0.894. The largest absolute Gasteiger partial charge is 0.303 e. The first-order valence-corrected chi connectivity index (χ1v) is 2.79. The van der Waals surface area contributed by atoms with Crippen molar-refractivity contribution in [3.05, 3.63) is 0 Å². The second kappa shape index (κ2) is 10.3. The fourth-order valence-corrected chi connectivity index (χ4v) is 0.455. The highest BCUT2D eigenvalue weighted by molar-refractivity contribution is 5.50. The molecular weight excluding hydrogens is 116 g/mol. The van der Waals surface area contributed by atoms with Crippen LogP contribution in [0.4, 0.5) is 0 Å². The van der Waals surface area contributed by atoms with E-state index in [9.17, 15) is 9.59 Å². The summed E-state index contributed by atoms with van der Waals surface area (Å²) in [6.07, 6.45) is 4.64. The standard InChI is InChI=1S/C6H10O2.CH4/c7-5-3-1-2-4-6-8;/h5-6H,1-4H2;1H4. The van der Waals surface area contributed by atoms with Crippen LogP contribution in [-0.4, -0.2) is 12.6 Å². The number of rotatable bonds is 5. The molecule has 0 amide bonds. The van der Waals surface area contributed by atoms with Gasteiger partial charge in [-0.15, -0.1) is 0 Å². The first-order valence-electron chi connectivity index (χ1n) is 2.79. The highest BCUT2D eigenvalue weighted by Crippen LogP contribution is 1.93. The molecule has 0 radical (unpaired) electrons. The van der Waals surface area contributed by atoms with E-state index < -0.39 is 0 Å². The molecule has 0 N–H and O–H groups in total. The van der Waals surface area contributed by atoms with Crippen LogP contribution in [0.15, 0.2) is 0 Å². The van der Waals surface area contributed by atoms with Crippen LogP contribution in [0, 0.1) is 0 Å². The molecule has 0 bridgehead atoms. The van der Waals surface area contributed by atoms with Crippen molar-refractivity contribution in [2.24, 2.45) is 0 Å². The zero-order valence-corrected chi connectivity index (χ0v) is 4.80. The summed E-state index contributed by atoms with van der Waals surface area (Å²) in [6, 6.07) is 0. The van der Waals surface area contributed by atoms with Gasteiger partial charge in [0.15, 0.2) is 0 Å². The Balaban J connectivity index is 0. The fraction of sp³-hybridized carbons (Fsp3) is 0.714. The van der Waals surface area contributed by atoms with Crippen LogP contribution in [-0.2, 0) is 9.59 Å². The van der Waals surface area contributed by atoms with Gasteiger partial charge in [0.1, 0.15) is 12.6 Å². The van der Waals surface area contributed by atoms with Crippen molar-refractivity contribution in [2.75, 3.05) is 0 Å². The number of hydrogen-bond acceptors (Lipinski definition) is 2. The van der Waals surface area contributed by atoms with E-state index in [1.165, 1.54) is 0 Å². The summed E-state index contributed by atoms with van der Waals surface area (Å²) in [5.74, 6) is 0. The van der Waals surface area contributed by atoms with E-state index >= 15 is 0 Å². The van der Waals surface area contributed by atoms with E-state index in [1.54, 1.807) is 0 Å². The number of hydrogen-bond donors (Lipinski definition) is 0. The zero-order chi connectivity index (χ0) is 6.24. The molecule has 0 aromatic carbocycles. The van der Waals surface area contributed by atoms with Crippen molar-refractivity contribution in [2.45, 2.75) is 33.1 Å². The van der Waals surface area contributed by atoms with Crippen LogP contribution in [0.2, 0.25) is 0 Å². The van der Waals surface area contributed by atoms with Crippen molar-refractivity contribution in [1.29, 1.82) is 0 Å². The molecule has 0 fully saturated rings. The molecular formula is C7H14O2. The normalized spacial score (nSPS) is 7.56. The van der Waals surface area contributed by atoms with Gasteiger partial charge in [0.25, 0.3) is 0 Å². The number of carbonyl (C=O) groups excluding carboxylic acids is 2. The molecule has 54 valence electrons. The lowest BCUT2D eigenvalue weighted by Gasteiger charge is -1.85. The molecule has 0 spiro atoms. The third-order valence-corrected chi connectivity index (χ3v) is 0.894. The number of aldehydes is 2. The molecule has 0 saturated heterocycles. The maximum absolute atomic E-state index is 9.68. The molecule has 0 unspecified atom stereocenters. The van der Waals surface area contributed by atoms with E-state index in [-0.39, 0.29) is 7.43 Å². The lowest BCUT2D eigenvalue weighted by molar-refractivity contribution is -0.109. The maximum Gasteiger partial charge on any atom is 0.119 e. The summed E-state index contributed by atoms with van der Waals surface area (Å²) in [7, 11) is 0.